The minimum atomic E-state index is -3.43. The van der Waals surface area contributed by atoms with E-state index in [1.165, 1.54) is 17.5 Å². The van der Waals surface area contributed by atoms with Gasteiger partial charge in [0.25, 0.3) is 0 Å². The van der Waals surface area contributed by atoms with Crippen LogP contribution in [0.3, 0.4) is 0 Å². The van der Waals surface area contributed by atoms with E-state index in [9.17, 15) is 8.42 Å². The van der Waals surface area contributed by atoms with Crippen molar-refractivity contribution < 1.29 is 8.42 Å². The predicted molar refractivity (Wildman–Crippen MR) is 117 cm³/mol. The highest BCUT2D eigenvalue weighted by Gasteiger charge is 2.29. The molecule has 0 bridgehead atoms. The summed E-state index contributed by atoms with van der Waals surface area (Å²) < 4.78 is 27.7. The molecule has 2 aliphatic rings. The van der Waals surface area contributed by atoms with Gasteiger partial charge in [-0.05, 0) is 79.6 Å². The Morgan fingerprint density at radius 2 is 1.85 bits per heavy atom. The Labute approximate surface area is 172 Å². The van der Waals surface area contributed by atoms with E-state index >= 15 is 0 Å². The zero-order valence-corrected chi connectivity index (χ0v) is 18.4. The lowest BCUT2D eigenvalue weighted by Gasteiger charge is -2.35. The highest BCUT2D eigenvalue weighted by atomic mass is 32.2. The second kappa shape index (κ2) is 9.58. The van der Waals surface area contributed by atoms with Crippen LogP contribution in [0.5, 0.6) is 0 Å². The number of rotatable bonds is 6. The first-order chi connectivity index (χ1) is 13.0. The van der Waals surface area contributed by atoms with Crippen molar-refractivity contribution in [2.24, 2.45) is 0 Å². The molecule has 0 atom stereocenters. The fourth-order valence-electron chi connectivity index (χ4n) is 3.67. The molecule has 1 saturated heterocycles. The molecule has 8 heteroatoms. The molecular formula is C19H29N3O2S3. The van der Waals surface area contributed by atoms with Crippen LogP contribution >= 0.6 is 24.0 Å². The summed E-state index contributed by atoms with van der Waals surface area (Å²) in [6, 6.07) is 5.68. The average Bonchev–Trinajstić information content (AvgIpc) is 2.70. The Morgan fingerprint density at radius 3 is 2.56 bits per heavy atom. The molecule has 0 saturated carbocycles. The number of sulfonamides is 1. The topological polar surface area (TPSA) is 52.6 Å². The molecule has 27 heavy (non-hydrogen) atoms. The highest BCUT2D eigenvalue weighted by Crippen LogP contribution is 2.26. The van der Waals surface area contributed by atoms with Gasteiger partial charge in [-0.15, -0.1) is 0 Å². The lowest BCUT2D eigenvalue weighted by atomic mass is 9.92. The van der Waals surface area contributed by atoms with Crippen LogP contribution in [0.2, 0.25) is 0 Å². The van der Waals surface area contributed by atoms with E-state index in [-0.39, 0.29) is 0 Å². The van der Waals surface area contributed by atoms with Gasteiger partial charge in [-0.2, -0.15) is 16.1 Å². The van der Waals surface area contributed by atoms with Crippen molar-refractivity contribution in [2.45, 2.75) is 37.0 Å². The fraction of sp³-hybridized carbons (Fsp3) is 0.632. The summed E-state index contributed by atoms with van der Waals surface area (Å²) in [5.41, 5.74) is 2.51. The van der Waals surface area contributed by atoms with Crippen molar-refractivity contribution in [1.82, 2.24) is 14.5 Å². The number of aryl methyl sites for hydroxylation is 2. The van der Waals surface area contributed by atoms with Gasteiger partial charge in [0, 0.05) is 32.7 Å². The third kappa shape index (κ3) is 5.16. The highest BCUT2D eigenvalue weighted by molar-refractivity contribution is 7.98. The maximum Gasteiger partial charge on any atom is 0.243 e. The normalized spacial score (nSPS) is 18.2. The number of thioether (sulfide) groups is 1. The second-order valence-corrected chi connectivity index (χ2v) is 10.4. The minimum Gasteiger partial charge on any atom is -0.363 e. The minimum absolute atomic E-state index is 0.439. The van der Waals surface area contributed by atoms with Gasteiger partial charge in [0.15, 0.2) is 5.11 Å². The van der Waals surface area contributed by atoms with Crippen LogP contribution < -0.4 is 5.32 Å². The number of thiocarbonyl (C=S) groups is 1. The predicted octanol–water partition coefficient (Wildman–Crippen LogP) is 2.50. The molecular weight excluding hydrogens is 398 g/mol. The standard InChI is InChI=1S/C19H29N3O2S3/c1-26-14-4-9-20-19(25)21-10-12-22(13-11-21)27(23,24)18-8-7-16-5-2-3-6-17(16)15-18/h7-8,15H,2-6,9-14H2,1H3,(H,20,25). The first kappa shape index (κ1) is 20.9. The molecule has 1 aromatic rings. The van der Waals surface area contributed by atoms with Crippen LogP contribution in [0.25, 0.3) is 0 Å². The quantitative estimate of drug-likeness (QED) is 0.556. The number of hydrogen-bond acceptors (Lipinski definition) is 4. The SMILES string of the molecule is CSCCCNC(=S)N1CCN(S(=O)(=O)c2ccc3c(c2)CCCC3)CC1. The molecule has 0 unspecified atom stereocenters. The number of nitrogens with one attached hydrogen (secondary N) is 1. The lowest BCUT2D eigenvalue weighted by Crippen LogP contribution is -2.53. The van der Waals surface area contributed by atoms with E-state index in [0.717, 1.165) is 43.1 Å². The smallest absolute Gasteiger partial charge is 0.243 e. The zero-order chi connectivity index (χ0) is 19.3. The van der Waals surface area contributed by atoms with Gasteiger partial charge in [-0.3, -0.25) is 0 Å². The largest absolute Gasteiger partial charge is 0.363 e. The molecule has 1 aliphatic heterocycles. The second-order valence-electron chi connectivity index (χ2n) is 7.11. The Hall–Kier alpha value is -0.830. The molecule has 0 amide bonds. The Kier molecular flexibility index (Phi) is 7.42. The molecule has 1 fully saturated rings. The Bertz CT molecular complexity index is 759. The first-order valence-corrected chi connectivity index (χ1v) is 12.9. The number of benzene rings is 1. The first-order valence-electron chi connectivity index (χ1n) is 9.66. The van der Waals surface area contributed by atoms with Crippen molar-refractivity contribution in [3.63, 3.8) is 0 Å². The van der Waals surface area contributed by atoms with E-state index in [0.29, 0.717) is 31.1 Å². The van der Waals surface area contributed by atoms with Crippen LogP contribution in [0.1, 0.15) is 30.4 Å². The molecule has 0 spiro atoms. The maximum absolute atomic E-state index is 13.1. The number of hydrogen-bond donors (Lipinski definition) is 1. The van der Waals surface area contributed by atoms with Crippen LogP contribution in [-0.2, 0) is 22.9 Å². The molecule has 1 heterocycles. The maximum atomic E-state index is 13.1. The van der Waals surface area contributed by atoms with Gasteiger partial charge >= 0.3 is 0 Å². The van der Waals surface area contributed by atoms with Gasteiger partial charge in [-0.25, -0.2) is 8.42 Å². The van der Waals surface area contributed by atoms with E-state index in [1.807, 2.05) is 23.9 Å². The van der Waals surface area contributed by atoms with Crippen LogP contribution in [0, 0.1) is 0 Å². The van der Waals surface area contributed by atoms with Crippen LogP contribution in [0.4, 0.5) is 0 Å². The molecule has 1 aliphatic carbocycles. The van der Waals surface area contributed by atoms with E-state index < -0.39 is 10.0 Å². The third-order valence-corrected chi connectivity index (χ3v) is 8.28. The monoisotopic (exact) mass is 427 g/mol. The van der Waals surface area contributed by atoms with Crippen molar-refractivity contribution >= 4 is 39.1 Å². The number of nitrogens with zero attached hydrogens (tertiary/aromatic N) is 2. The van der Waals surface area contributed by atoms with Crippen molar-refractivity contribution in [2.75, 3.05) is 44.7 Å². The number of fused-ring (bicyclic) bond motifs is 1. The average molecular weight is 428 g/mol. The van der Waals surface area contributed by atoms with Crippen molar-refractivity contribution in [1.29, 1.82) is 0 Å². The van der Waals surface area contributed by atoms with E-state index in [2.05, 4.69) is 16.5 Å². The third-order valence-electron chi connectivity index (χ3n) is 5.29. The Morgan fingerprint density at radius 1 is 1.15 bits per heavy atom. The molecule has 5 nitrogen and oxygen atoms in total. The van der Waals surface area contributed by atoms with Gasteiger partial charge in [-0.1, -0.05) is 6.07 Å². The molecule has 1 aromatic carbocycles. The molecule has 0 aromatic heterocycles. The van der Waals surface area contributed by atoms with E-state index in [4.69, 9.17) is 12.2 Å². The Balaban J connectivity index is 1.57. The van der Waals surface area contributed by atoms with E-state index in [1.54, 1.807) is 10.4 Å². The number of piperazine rings is 1. The van der Waals surface area contributed by atoms with Crippen molar-refractivity contribution in [3.05, 3.63) is 29.3 Å². The molecule has 3 rings (SSSR count). The summed E-state index contributed by atoms with van der Waals surface area (Å²) in [5.74, 6) is 1.11. The van der Waals surface area contributed by atoms with Crippen LogP contribution in [0.15, 0.2) is 23.1 Å². The molecule has 150 valence electrons. The van der Waals surface area contributed by atoms with Gasteiger partial charge < -0.3 is 10.2 Å². The lowest BCUT2D eigenvalue weighted by molar-refractivity contribution is 0.264. The summed E-state index contributed by atoms with van der Waals surface area (Å²) in [6.07, 6.45) is 7.58. The van der Waals surface area contributed by atoms with Gasteiger partial charge in [0.1, 0.15) is 0 Å². The van der Waals surface area contributed by atoms with Crippen molar-refractivity contribution in [3.8, 4) is 0 Å². The summed E-state index contributed by atoms with van der Waals surface area (Å²) in [6.45, 7) is 3.10. The van der Waals surface area contributed by atoms with Gasteiger partial charge in [0.2, 0.25) is 10.0 Å². The summed E-state index contributed by atoms with van der Waals surface area (Å²) in [5, 5.41) is 4.02. The summed E-state index contributed by atoms with van der Waals surface area (Å²) in [7, 11) is -3.43. The molecule has 1 N–H and O–H groups in total. The molecule has 0 radical (unpaired) electrons. The summed E-state index contributed by atoms with van der Waals surface area (Å²) in [4.78, 5) is 2.52. The van der Waals surface area contributed by atoms with Gasteiger partial charge in [0.05, 0.1) is 4.90 Å². The fourth-order valence-corrected chi connectivity index (χ4v) is 5.87. The zero-order valence-electron chi connectivity index (χ0n) is 15.9. The summed E-state index contributed by atoms with van der Waals surface area (Å²) >= 11 is 7.28. The van der Waals surface area contributed by atoms with Crippen LogP contribution in [-0.4, -0.2) is 67.5 Å².